The minimum atomic E-state index is -0.947. The van der Waals surface area contributed by atoms with Crippen LogP contribution in [0.25, 0.3) is 0 Å². The molecule has 0 saturated carbocycles. The second-order valence-electron chi connectivity index (χ2n) is 6.10. The van der Waals surface area contributed by atoms with Gasteiger partial charge in [0, 0.05) is 26.5 Å². The molecule has 3 rings (SSSR count). The second-order valence-corrected chi connectivity index (χ2v) is 6.10. The first-order valence-corrected chi connectivity index (χ1v) is 8.34. The lowest BCUT2D eigenvalue weighted by Crippen LogP contribution is -2.64. The van der Waals surface area contributed by atoms with Gasteiger partial charge in [0.05, 0.1) is 6.61 Å². The molecule has 26 heavy (non-hydrogen) atoms. The molecule has 0 radical (unpaired) electrons. The topological polar surface area (TPSA) is 89.5 Å². The minimum absolute atomic E-state index is 0.217. The van der Waals surface area contributed by atoms with Gasteiger partial charge in [-0.15, -0.1) is 0 Å². The van der Waals surface area contributed by atoms with E-state index < -0.39 is 48.9 Å². The van der Waals surface area contributed by atoms with Crippen LogP contribution in [0, 0.1) is 0 Å². The fraction of sp³-hybridized carbons (Fsp3) is 0.556. The fourth-order valence-corrected chi connectivity index (χ4v) is 3.16. The van der Waals surface area contributed by atoms with Crippen LogP contribution in [-0.4, -0.2) is 56.4 Å². The molecular formula is C18H22O8. The third kappa shape index (κ3) is 4.04. The lowest BCUT2D eigenvalue weighted by molar-refractivity contribution is -0.359. The summed E-state index contributed by atoms with van der Waals surface area (Å²) in [6, 6.07) is 9.38. The van der Waals surface area contributed by atoms with E-state index in [0.717, 1.165) is 5.56 Å². The summed E-state index contributed by atoms with van der Waals surface area (Å²) in [5, 5.41) is 0. The van der Waals surface area contributed by atoms with E-state index in [2.05, 4.69) is 0 Å². The van der Waals surface area contributed by atoms with Crippen molar-refractivity contribution >= 4 is 11.9 Å². The van der Waals surface area contributed by atoms with Crippen LogP contribution in [-0.2, 0) is 38.0 Å². The van der Waals surface area contributed by atoms with Gasteiger partial charge in [0.1, 0.15) is 12.2 Å². The Kier molecular flexibility index (Phi) is 5.87. The van der Waals surface area contributed by atoms with Crippen molar-refractivity contribution in [2.45, 2.75) is 50.8 Å². The number of hydrogen-bond acceptors (Lipinski definition) is 8. The number of rotatable bonds is 4. The lowest BCUT2D eigenvalue weighted by atomic mass is 9.97. The van der Waals surface area contributed by atoms with E-state index in [1.165, 1.54) is 21.0 Å². The molecule has 8 nitrogen and oxygen atoms in total. The van der Waals surface area contributed by atoms with E-state index in [-0.39, 0.29) is 6.61 Å². The summed E-state index contributed by atoms with van der Waals surface area (Å²) >= 11 is 0. The van der Waals surface area contributed by atoms with Gasteiger partial charge in [0.2, 0.25) is 0 Å². The van der Waals surface area contributed by atoms with Crippen LogP contribution in [0.3, 0.4) is 0 Å². The summed E-state index contributed by atoms with van der Waals surface area (Å²) in [7, 11) is 1.42. The average molecular weight is 366 g/mol. The zero-order valence-electron chi connectivity index (χ0n) is 14.8. The summed E-state index contributed by atoms with van der Waals surface area (Å²) in [6.45, 7) is 2.76. The maximum Gasteiger partial charge on any atom is 0.303 e. The lowest BCUT2D eigenvalue weighted by Gasteiger charge is -2.47. The summed E-state index contributed by atoms with van der Waals surface area (Å²) in [5.74, 6) is -1.06. The van der Waals surface area contributed by atoms with Gasteiger partial charge in [-0.25, -0.2) is 0 Å². The highest BCUT2D eigenvalue weighted by molar-refractivity contribution is 5.67. The van der Waals surface area contributed by atoms with Crippen LogP contribution >= 0.6 is 0 Å². The van der Waals surface area contributed by atoms with E-state index in [9.17, 15) is 9.59 Å². The third-order valence-electron chi connectivity index (χ3n) is 4.19. The number of methoxy groups -OCH3 is 1. The van der Waals surface area contributed by atoms with Crippen molar-refractivity contribution in [2.24, 2.45) is 0 Å². The first kappa shape index (κ1) is 18.8. The SMILES string of the molecule is CO[C@H]1O[C@@H]2COC(c3ccccc3)O[C@H]2[C@H](OC(C)=O)[C@H]1OC(C)=O. The molecule has 2 aliphatic rings. The van der Waals surface area contributed by atoms with E-state index in [1.807, 2.05) is 30.3 Å². The van der Waals surface area contributed by atoms with Gasteiger partial charge in [-0.05, 0) is 0 Å². The number of fused-ring (bicyclic) bond motifs is 1. The van der Waals surface area contributed by atoms with Crippen molar-refractivity contribution < 1.29 is 38.0 Å². The average Bonchev–Trinajstić information content (AvgIpc) is 2.63. The normalized spacial score (nSPS) is 33.8. The standard InChI is InChI=1S/C18H22O8/c1-10(19)23-15-14-13(25-18(21-3)16(15)24-11(2)20)9-22-17(26-14)12-7-5-4-6-8-12/h4-8,13-18H,9H2,1-3H3/t13-,14-,15+,16-,17?,18+/m1/s1. The van der Waals surface area contributed by atoms with Crippen molar-refractivity contribution in [1.29, 1.82) is 0 Å². The number of esters is 2. The number of benzene rings is 1. The molecule has 142 valence electrons. The van der Waals surface area contributed by atoms with Crippen molar-refractivity contribution in [3.05, 3.63) is 35.9 Å². The Morgan fingerprint density at radius 3 is 2.27 bits per heavy atom. The van der Waals surface area contributed by atoms with Gasteiger partial charge in [-0.1, -0.05) is 30.3 Å². The number of hydrogen-bond donors (Lipinski definition) is 0. The second kappa shape index (κ2) is 8.13. The molecular weight excluding hydrogens is 344 g/mol. The van der Waals surface area contributed by atoms with E-state index in [4.69, 9.17) is 28.4 Å². The Labute approximate surface area is 151 Å². The van der Waals surface area contributed by atoms with Gasteiger partial charge in [-0.2, -0.15) is 0 Å². The first-order chi connectivity index (χ1) is 12.5. The van der Waals surface area contributed by atoms with Crippen LogP contribution in [0.5, 0.6) is 0 Å². The molecule has 2 aliphatic heterocycles. The molecule has 8 heteroatoms. The predicted octanol–water partition coefficient (Wildman–Crippen LogP) is 1.34. The Morgan fingerprint density at radius 2 is 1.65 bits per heavy atom. The van der Waals surface area contributed by atoms with Gasteiger partial charge >= 0.3 is 11.9 Å². The van der Waals surface area contributed by atoms with Crippen LogP contribution in [0.15, 0.2) is 30.3 Å². The molecule has 1 aromatic rings. The van der Waals surface area contributed by atoms with Crippen LogP contribution in [0.1, 0.15) is 25.7 Å². The highest BCUT2D eigenvalue weighted by Crippen LogP contribution is 2.36. The van der Waals surface area contributed by atoms with Crippen LogP contribution < -0.4 is 0 Å². The smallest absolute Gasteiger partial charge is 0.303 e. The number of ether oxygens (including phenoxy) is 6. The Morgan fingerprint density at radius 1 is 1.00 bits per heavy atom. The molecule has 2 saturated heterocycles. The molecule has 0 amide bonds. The summed E-state index contributed by atoms with van der Waals surface area (Å²) in [6.07, 6.45) is -4.57. The fourth-order valence-electron chi connectivity index (χ4n) is 3.16. The summed E-state index contributed by atoms with van der Waals surface area (Å²) in [5.41, 5.74) is 0.824. The van der Waals surface area contributed by atoms with Crippen molar-refractivity contribution in [2.75, 3.05) is 13.7 Å². The van der Waals surface area contributed by atoms with Gasteiger partial charge in [0.25, 0.3) is 0 Å². The molecule has 0 N–H and O–H groups in total. The zero-order chi connectivity index (χ0) is 18.7. The molecule has 0 aromatic heterocycles. The van der Waals surface area contributed by atoms with Crippen molar-refractivity contribution in [3.8, 4) is 0 Å². The molecule has 6 atom stereocenters. The molecule has 0 bridgehead atoms. The van der Waals surface area contributed by atoms with Gasteiger partial charge < -0.3 is 28.4 Å². The molecule has 2 fully saturated rings. The quantitative estimate of drug-likeness (QED) is 0.738. The summed E-state index contributed by atoms with van der Waals surface area (Å²) < 4.78 is 33.6. The van der Waals surface area contributed by atoms with E-state index >= 15 is 0 Å². The molecule has 0 spiro atoms. The number of carbonyl (C=O) groups excluding carboxylic acids is 2. The van der Waals surface area contributed by atoms with Crippen LogP contribution in [0.4, 0.5) is 0 Å². The third-order valence-corrected chi connectivity index (χ3v) is 4.19. The highest BCUT2D eigenvalue weighted by Gasteiger charge is 2.53. The zero-order valence-corrected chi connectivity index (χ0v) is 14.8. The maximum absolute atomic E-state index is 11.6. The van der Waals surface area contributed by atoms with Gasteiger partial charge in [-0.3, -0.25) is 9.59 Å². The summed E-state index contributed by atoms with van der Waals surface area (Å²) in [4.78, 5) is 23.1. The number of carbonyl (C=O) groups is 2. The first-order valence-electron chi connectivity index (χ1n) is 8.34. The molecule has 1 unspecified atom stereocenters. The van der Waals surface area contributed by atoms with Crippen molar-refractivity contribution in [3.63, 3.8) is 0 Å². The Bertz CT molecular complexity index is 633. The van der Waals surface area contributed by atoms with E-state index in [1.54, 1.807) is 0 Å². The predicted molar refractivity (Wildman–Crippen MR) is 86.8 cm³/mol. The van der Waals surface area contributed by atoms with E-state index in [0.29, 0.717) is 0 Å². The van der Waals surface area contributed by atoms with Crippen molar-refractivity contribution in [1.82, 2.24) is 0 Å². The molecule has 1 aromatic carbocycles. The Hall–Kier alpha value is -2.00. The minimum Gasteiger partial charge on any atom is -0.455 e. The molecule has 2 heterocycles. The maximum atomic E-state index is 11.6. The highest BCUT2D eigenvalue weighted by atomic mass is 16.8. The van der Waals surface area contributed by atoms with Crippen LogP contribution in [0.2, 0.25) is 0 Å². The van der Waals surface area contributed by atoms with Gasteiger partial charge in [0.15, 0.2) is 24.8 Å². The largest absolute Gasteiger partial charge is 0.455 e. The Balaban J connectivity index is 1.86. The monoisotopic (exact) mass is 366 g/mol. The molecule has 0 aliphatic carbocycles.